The lowest BCUT2D eigenvalue weighted by molar-refractivity contribution is -0.116. The number of hydrogen-bond acceptors (Lipinski definition) is 7. The van der Waals surface area contributed by atoms with Gasteiger partial charge in [-0.15, -0.1) is 11.3 Å². The monoisotopic (exact) mass is 506 g/mol. The topological polar surface area (TPSA) is 119 Å². The average molecular weight is 507 g/mol. The number of sulfone groups is 1. The summed E-state index contributed by atoms with van der Waals surface area (Å²) in [6, 6.07) is 6.61. The van der Waals surface area contributed by atoms with Crippen LogP contribution in [0.15, 0.2) is 29.2 Å². The summed E-state index contributed by atoms with van der Waals surface area (Å²) in [6.07, 6.45) is 1.69. The van der Waals surface area contributed by atoms with Gasteiger partial charge in [-0.25, -0.2) is 13.2 Å². The molecule has 10 heteroatoms. The molecule has 3 amide bonds. The second-order valence-corrected chi connectivity index (χ2v) is 11.7. The van der Waals surface area contributed by atoms with E-state index in [1.165, 1.54) is 11.3 Å². The van der Waals surface area contributed by atoms with E-state index >= 15 is 0 Å². The number of amides is 3. The SMILES string of the molecule is CCOC(=O)NC(=O)c1c(NC(=O)CCCS(=O)(=O)c2ccc(C)cc2)sc2c1CCC(C)C2. The highest BCUT2D eigenvalue weighted by atomic mass is 32.2. The van der Waals surface area contributed by atoms with Crippen LogP contribution in [-0.2, 0) is 32.2 Å². The first-order chi connectivity index (χ1) is 16.1. The Bertz CT molecular complexity index is 1170. The Morgan fingerprint density at radius 1 is 1.18 bits per heavy atom. The zero-order valence-electron chi connectivity index (χ0n) is 19.6. The quantitative estimate of drug-likeness (QED) is 0.552. The molecule has 1 aromatic heterocycles. The molecule has 2 N–H and O–H groups in total. The van der Waals surface area contributed by atoms with Crippen molar-refractivity contribution >= 4 is 44.1 Å². The fourth-order valence-corrected chi connectivity index (χ4v) is 6.61. The third-order valence-corrected chi connectivity index (χ3v) is 8.67. The Hall–Kier alpha value is -2.72. The number of alkyl carbamates (subject to hydrolysis) is 1. The Labute approximate surface area is 204 Å². The number of rotatable bonds is 8. The van der Waals surface area contributed by atoms with Crippen molar-refractivity contribution in [3.63, 3.8) is 0 Å². The van der Waals surface area contributed by atoms with Crippen LogP contribution in [0.25, 0.3) is 0 Å². The summed E-state index contributed by atoms with van der Waals surface area (Å²) in [4.78, 5) is 38.5. The molecule has 0 aliphatic heterocycles. The highest BCUT2D eigenvalue weighted by Crippen LogP contribution is 2.39. The highest BCUT2D eigenvalue weighted by molar-refractivity contribution is 7.91. The number of carbonyl (C=O) groups excluding carboxylic acids is 3. The number of aryl methyl sites for hydroxylation is 1. The summed E-state index contributed by atoms with van der Waals surface area (Å²) in [6.45, 7) is 5.79. The van der Waals surface area contributed by atoms with Gasteiger partial charge in [0.25, 0.3) is 5.91 Å². The zero-order valence-corrected chi connectivity index (χ0v) is 21.2. The molecule has 0 fully saturated rings. The number of ether oxygens (including phenoxy) is 1. The van der Waals surface area contributed by atoms with Crippen molar-refractivity contribution in [1.82, 2.24) is 5.32 Å². The molecular weight excluding hydrogens is 476 g/mol. The molecule has 8 nitrogen and oxygen atoms in total. The molecule has 0 bridgehead atoms. The maximum atomic E-state index is 12.8. The molecule has 1 atom stereocenters. The first kappa shape index (κ1) is 25.9. The van der Waals surface area contributed by atoms with E-state index < -0.39 is 21.8 Å². The molecule has 1 aliphatic rings. The molecule has 0 saturated heterocycles. The number of fused-ring (bicyclic) bond motifs is 1. The van der Waals surface area contributed by atoms with Gasteiger partial charge in [0.2, 0.25) is 5.91 Å². The lowest BCUT2D eigenvalue weighted by atomic mass is 9.88. The molecule has 0 radical (unpaired) electrons. The Balaban J connectivity index is 1.69. The van der Waals surface area contributed by atoms with E-state index in [-0.39, 0.29) is 36.0 Å². The average Bonchev–Trinajstić information content (AvgIpc) is 3.10. The summed E-state index contributed by atoms with van der Waals surface area (Å²) in [5.74, 6) is -0.681. The summed E-state index contributed by atoms with van der Waals surface area (Å²) in [5.41, 5.74) is 2.11. The van der Waals surface area contributed by atoms with Crippen LogP contribution < -0.4 is 10.6 Å². The summed E-state index contributed by atoms with van der Waals surface area (Å²) < 4.78 is 29.8. The molecular formula is C24H30N2O6S2. The molecule has 0 spiro atoms. The molecule has 184 valence electrons. The fraction of sp³-hybridized carbons (Fsp3) is 0.458. The largest absolute Gasteiger partial charge is 0.450 e. The van der Waals surface area contributed by atoms with Crippen molar-refractivity contribution in [1.29, 1.82) is 0 Å². The van der Waals surface area contributed by atoms with Crippen LogP contribution in [0.1, 0.15) is 59.5 Å². The smallest absolute Gasteiger partial charge is 0.414 e. The number of hydrogen-bond donors (Lipinski definition) is 2. The molecule has 1 aliphatic carbocycles. The third kappa shape index (κ3) is 6.44. The number of thiophene rings is 1. The van der Waals surface area contributed by atoms with Crippen LogP contribution in [0.4, 0.5) is 9.80 Å². The molecule has 1 aromatic carbocycles. The first-order valence-electron chi connectivity index (χ1n) is 11.3. The van der Waals surface area contributed by atoms with E-state index in [1.54, 1.807) is 31.2 Å². The van der Waals surface area contributed by atoms with Crippen molar-refractivity contribution in [3.8, 4) is 0 Å². The lowest BCUT2D eigenvalue weighted by Gasteiger charge is -2.18. The van der Waals surface area contributed by atoms with Crippen molar-refractivity contribution in [3.05, 3.63) is 45.8 Å². The Morgan fingerprint density at radius 2 is 1.88 bits per heavy atom. The van der Waals surface area contributed by atoms with Crippen molar-refractivity contribution in [2.75, 3.05) is 17.7 Å². The first-order valence-corrected chi connectivity index (χ1v) is 13.8. The fourth-order valence-electron chi connectivity index (χ4n) is 3.88. The normalized spacial score (nSPS) is 15.3. The minimum Gasteiger partial charge on any atom is -0.450 e. The van der Waals surface area contributed by atoms with Gasteiger partial charge in [0, 0.05) is 11.3 Å². The van der Waals surface area contributed by atoms with Gasteiger partial charge >= 0.3 is 6.09 Å². The van der Waals surface area contributed by atoms with E-state index in [0.717, 1.165) is 28.8 Å². The highest BCUT2D eigenvalue weighted by Gasteiger charge is 2.29. The van der Waals surface area contributed by atoms with Crippen molar-refractivity contribution in [2.24, 2.45) is 5.92 Å². The van der Waals surface area contributed by atoms with Gasteiger partial charge < -0.3 is 10.1 Å². The summed E-state index contributed by atoms with van der Waals surface area (Å²) >= 11 is 1.34. The number of carbonyl (C=O) groups is 3. The van der Waals surface area contributed by atoms with E-state index in [2.05, 4.69) is 17.6 Å². The summed E-state index contributed by atoms with van der Waals surface area (Å²) in [5, 5.41) is 5.38. The Kier molecular flexibility index (Phi) is 8.48. The zero-order chi connectivity index (χ0) is 24.9. The van der Waals surface area contributed by atoms with Gasteiger partial charge in [0.15, 0.2) is 9.84 Å². The number of anilines is 1. The van der Waals surface area contributed by atoms with Gasteiger partial charge in [0.05, 0.1) is 22.8 Å². The number of benzene rings is 1. The van der Waals surface area contributed by atoms with E-state index in [1.807, 2.05) is 6.92 Å². The standard InChI is InChI=1S/C24H30N2O6S2/c1-4-32-24(29)26-22(28)21-18-12-9-16(3)14-19(18)33-23(21)25-20(27)6-5-13-34(30,31)17-10-7-15(2)8-11-17/h7-8,10-11,16H,4-6,9,12-14H2,1-3H3,(H,25,27)(H,26,28,29). The van der Waals surface area contributed by atoms with Crippen LogP contribution >= 0.6 is 11.3 Å². The van der Waals surface area contributed by atoms with Crippen LogP contribution in [0, 0.1) is 12.8 Å². The van der Waals surface area contributed by atoms with Crippen molar-refractivity contribution in [2.45, 2.75) is 57.8 Å². The second-order valence-electron chi connectivity index (χ2n) is 8.51. The lowest BCUT2D eigenvalue weighted by Crippen LogP contribution is -2.32. The van der Waals surface area contributed by atoms with Crippen LogP contribution in [-0.4, -0.2) is 38.7 Å². The van der Waals surface area contributed by atoms with E-state index in [9.17, 15) is 22.8 Å². The number of nitrogens with one attached hydrogen (secondary N) is 2. The molecule has 1 unspecified atom stereocenters. The van der Waals surface area contributed by atoms with E-state index in [4.69, 9.17) is 4.74 Å². The molecule has 0 saturated carbocycles. The van der Waals surface area contributed by atoms with Gasteiger partial charge in [-0.05, 0) is 63.1 Å². The molecule has 34 heavy (non-hydrogen) atoms. The minimum atomic E-state index is -3.49. The predicted molar refractivity (Wildman–Crippen MR) is 131 cm³/mol. The molecule has 3 rings (SSSR count). The maximum absolute atomic E-state index is 12.8. The van der Waals surface area contributed by atoms with Crippen LogP contribution in [0.3, 0.4) is 0 Å². The van der Waals surface area contributed by atoms with Gasteiger partial charge in [-0.1, -0.05) is 24.6 Å². The number of imide groups is 1. The third-order valence-electron chi connectivity index (χ3n) is 5.68. The van der Waals surface area contributed by atoms with Gasteiger partial charge in [-0.3, -0.25) is 14.9 Å². The molecule has 1 heterocycles. The van der Waals surface area contributed by atoms with Crippen molar-refractivity contribution < 1.29 is 27.5 Å². The van der Waals surface area contributed by atoms with Gasteiger partial charge in [-0.2, -0.15) is 0 Å². The van der Waals surface area contributed by atoms with Gasteiger partial charge in [0.1, 0.15) is 5.00 Å². The van der Waals surface area contributed by atoms with Crippen LogP contribution in [0.2, 0.25) is 0 Å². The predicted octanol–water partition coefficient (Wildman–Crippen LogP) is 4.26. The molecule has 2 aromatic rings. The summed E-state index contributed by atoms with van der Waals surface area (Å²) in [7, 11) is -3.49. The Morgan fingerprint density at radius 3 is 2.56 bits per heavy atom. The van der Waals surface area contributed by atoms with Crippen LogP contribution in [0.5, 0.6) is 0 Å². The minimum absolute atomic E-state index is 0.0109. The second kappa shape index (κ2) is 11.1. The maximum Gasteiger partial charge on any atom is 0.414 e. The van der Waals surface area contributed by atoms with E-state index in [0.29, 0.717) is 22.9 Å².